The number of nitrogens with one attached hydrogen (secondary N) is 1. The molecule has 10 heteroatoms. The molecule has 1 atom stereocenters. The van der Waals surface area contributed by atoms with Crippen molar-refractivity contribution in [1.29, 1.82) is 0 Å². The van der Waals surface area contributed by atoms with E-state index >= 15 is 0 Å². The van der Waals surface area contributed by atoms with Crippen molar-refractivity contribution in [1.82, 2.24) is 10.2 Å². The topological polar surface area (TPSA) is 86.8 Å². The summed E-state index contributed by atoms with van der Waals surface area (Å²) in [7, 11) is -4.05. The molecule has 1 saturated carbocycles. The molecule has 1 aliphatic carbocycles. The first-order valence-corrected chi connectivity index (χ1v) is 15.5. The van der Waals surface area contributed by atoms with Crippen LogP contribution < -0.4 is 9.62 Å². The number of carbonyl (C=O) groups is 2. The highest BCUT2D eigenvalue weighted by molar-refractivity contribution is 7.92. The Bertz CT molecular complexity index is 1430. The van der Waals surface area contributed by atoms with Gasteiger partial charge in [0.2, 0.25) is 21.8 Å². The minimum Gasteiger partial charge on any atom is -0.352 e. The van der Waals surface area contributed by atoms with E-state index in [1.165, 1.54) is 23.1 Å². The summed E-state index contributed by atoms with van der Waals surface area (Å²) in [5.41, 5.74) is 1.19. The molecule has 1 aliphatic rings. The first-order chi connectivity index (χ1) is 19.1. The standard InChI is InChI=1S/C30H33ClFN3O4S/c1-40(38,39)35(27-18-10-9-17-26(27)32)21-29(36)34(20-23-13-5-8-16-25(23)31)28(19-22-11-3-2-4-12-22)30(37)33-24-14-6-7-15-24/h2-5,8-13,16-18,24,28H,6-7,14-15,19-21H2,1H3,(H,33,37)/t28-/m1/s1. The fourth-order valence-electron chi connectivity index (χ4n) is 4.98. The van der Waals surface area contributed by atoms with E-state index in [-0.39, 0.29) is 30.6 Å². The maximum Gasteiger partial charge on any atom is 0.244 e. The third-order valence-corrected chi connectivity index (χ3v) is 8.57. The van der Waals surface area contributed by atoms with Crippen molar-refractivity contribution in [3.8, 4) is 0 Å². The maximum absolute atomic E-state index is 14.7. The van der Waals surface area contributed by atoms with Crippen LogP contribution in [0.1, 0.15) is 36.8 Å². The quantitative estimate of drug-likeness (QED) is 0.345. The molecule has 2 amide bonds. The Hall–Kier alpha value is -3.43. The molecule has 0 aromatic heterocycles. The van der Waals surface area contributed by atoms with E-state index in [0.29, 0.717) is 10.6 Å². The van der Waals surface area contributed by atoms with Crippen molar-refractivity contribution in [3.05, 3.63) is 101 Å². The molecule has 4 rings (SSSR count). The number of hydrogen-bond acceptors (Lipinski definition) is 4. The van der Waals surface area contributed by atoms with Gasteiger partial charge >= 0.3 is 0 Å². The zero-order valence-electron chi connectivity index (χ0n) is 22.3. The molecule has 0 unspecified atom stereocenters. The van der Waals surface area contributed by atoms with Crippen molar-refractivity contribution in [2.24, 2.45) is 0 Å². The molecular formula is C30H33ClFN3O4S. The number of halogens is 2. The van der Waals surface area contributed by atoms with Crippen LogP contribution in [-0.2, 0) is 32.6 Å². The molecule has 0 radical (unpaired) electrons. The molecule has 3 aromatic carbocycles. The lowest BCUT2D eigenvalue weighted by atomic mass is 10.0. The van der Waals surface area contributed by atoms with Gasteiger partial charge in [0.15, 0.2) is 0 Å². The third kappa shape index (κ3) is 7.61. The Morgan fingerprint density at radius 3 is 2.25 bits per heavy atom. The Morgan fingerprint density at radius 2 is 1.60 bits per heavy atom. The lowest BCUT2D eigenvalue weighted by Gasteiger charge is -2.34. The summed E-state index contributed by atoms with van der Waals surface area (Å²) in [6.45, 7) is -0.727. The Labute approximate surface area is 240 Å². The smallest absolute Gasteiger partial charge is 0.244 e. The third-order valence-electron chi connectivity index (χ3n) is 7.07. The van der Waals surface area contributed by atoms with Crippen LogP contribution in [-0.4, -0.2) is 50.0 Å². The second kappa shape index (κ2) is 13.3. The predicted octanol–water partition coefficient (Wildman–Crippen LogP) is 4.94. The van der Waals surface area contributed by atoms with Crippen LogP contribution in [0.2, 0.25) is 5.02 Å². The van der Waals surface area contributed by atoms with Gasteiger partial charge in [-0.15, -0.1) is 0 Å². The van der Waals surface area contributed by atoms with Gasteiger partial charge in [-0.05, 0) is 42.2 Å². The van der Waals surface area contributed by atoms with Gasteiger partial charge in [-0.25, -0.2) is 12.8 Å². The fraction of sp³-hybridized carbons (Fsp3) is 0.333. The molecule has 0 aliphatic heterocycles. The zero-order chi connectivity index (χ0) is 28.7. The summed E-state index contributed by atoms with van der Waals surface area (Å²) in [6.07, 6.45) is 4.87. The summed E-state index contributed by atoms with van der Waals surface area (Å²) in [5.74, 6) is -1.76. The minimum absolute atomic E-state index is 0.00831. The monoisotopic (exact) mass is 585 g/mol. The molecule has 1 N–H and O–H groups in total. The van der Waals surface area contributed by atoms with Gasteiger partial charge in [0.05, 0.1) is 11.9 Å². The maximum atomic E-state index is 14.7. The van der Waals surface area contributed by atoms with Crippen molar-refractivity contribution >= 4 is 39.1 Å². The van der Waals surface area contributed by atoms with E-state index < -0.39 is 34.3 Å². The molecule has 0 saturated heterocycles. The molecule has 7 nitrogen and oxygen atoms in total. The zero-order valence-corrected chi connectivity index (χ0v) is 23.9. The molecule has 3 aromatic rings. The number of rotatable bonds is 11. The van der Waals surface area contributed by atoms with E-state index in [1.54, 1.807) is 24.3 Å². The number of amides is 2. The van der Waals surface area contributed by atoms with E-state index in [2.05, 4.69) is 5.32 Å². The molecule has 212 valence electrons. The van der Waals surface area contributed by atoms with Crippen LogP contribution in [0.15, 0.2) is 78.9 Å². The molecule has 0 heterocycles. The number of anilines is 1. The molecular weight excluding hydrogens is 553 g/mol. The normalized spacial score (nSPS) is 14.5. The summed E-state index contributed by atoms with van der Waals surface area (Å²) < 4.78 is 41.0. The largest absolute Gasteiger partial charge is 0.352 e. The van der Waals surface area contributed by atoms with Crippen LogP contribution in [0.25, 0.3) is 0 Å². The van der Waals surface area contributed by atoms with Crippen LogP contribution in [0.3, 0.4) is 0 Å². The lowest BCUT2D eigenvalue weighted by Crippen LogP contribution is -2.54. The van der Waals surface area contributed by atoms with Crippen molar-refractivity contribution in [3.63, 3.8) is 0 Å². The average Bonchev–Trinajstić information content (AvgIpc) is 3.43. The molecule has 1 fully saturated rings. The Morgan fingerprint density at radius 1 is 0.975 bits per heavy atom. The number of para-hydroxylation sites is 1. The highest BCUT2D eigenvalue weighted by Crippen LogP contribution is 2.25. The van der Waals surface area contributed by atoms with E-state index in [1.807, 2.05) is 30.3 Å². The van der Waals surface area contributed by atoms with Crippen LogP contribution in [0, 0.1) is 5.82 Å². The van der Waals surface area contributed by atoms with Crippen LogP contribution in [0.5, 0.6) is 0 Å². The SMILES string of the molecule is CS(=O)(=O)N(CC(=O)N(Cc1ccccc1Cl)[C@H](Cc1ccccc1)C(=O)NC1CCCC1)c1ccccc1F. The summed E-state index contributed by atoms with van der Waals surface area (Å²) >= 11 is 6.46. The van der Waals surface area contributed by atoms with Gasteiger partial charge in [-0.3, -0.25) is 13.9 Å². The second-order valence-electron chi connectivity index (χ2n) is 10.0. The van der Waals surface area contributed by atoms with E-state index in [4.69, 9.17) is 11.6 Å². The highest BCUT2D eigenvalue weighted by Gasteiger charge is 2.35. The Balaban J connectivity index is 1.74. The van der Waals surface area contributed by atoms with Crippen LogP contribution >= 0.6 is 11.6 Å². The first-order valence-electron chi connectivity index (χ1n) is 13.2. The summed E-state index contributed by atoms with van der Waals surface area (Å²) in [5, 5.41) is 3.51. The van der Waals surface area contributed by atoms with Gasteiger partial charge in [0, 0.05) is 24.0 Å². The van der Waals surface area contributed by atoms with Crippen molar-refractivity contribution < 1.29 is 22.4 Å². The van der Waals surface area contributed by atoms with Crippen molar-refractivity contribution in [2.45, 2.75) is 50.7 Å². The van der Waals surface area contributed by atoms with Gasteiger partial charge in [-0.1, -0.05) is 85.1 Å². The highest BCUT2D eigenvalue weighted by atomic mass is 35.5. The summed E-state index contributed by atoms with van der Waals surface area (Å²) in [6, 6.07) is 20.7. The second-order valence-corrected chi connectivity index (χ2v) is 12.3. The Kier molecular flexibility index (Phi) is 9.81. The number of sulfonamides is 1. The molecule has 0 bridgehead atoms. The lowest BCUT2D eigenvalue weighted by molar-refractivity contribution is -0.140. The van der Waals surface area contributed by atoms with Gasteiger partial charge in [-0.2, -0.15) is 0 Å². The minimum atomic E-state index is -4.05. The number of hydrogen-bond donors (Lipinski definition) is 1. The fourth-order valence-corrected chi connectivity index (χ4v) is 6.03. The first kappa shape index (κ1) is 29.6. The van der Waals surface area contributed by atoms with E-state index in [9.17, 15) is 22.4 Å². The number of carbonyl (C=O) groups excluding carboxylic acids is 2. The van der Waals surface area contributed by atoms with Gasteiger partial charge < -0.3 is 10.2 Å². The average molecular weight is 586 g/mol. The summed E-state index contributed by atoms with van der Waals surface area (Å²) in [4.78, 5) is 29.2. The van der Waals surface area contributed by atoms with Gasteiger partial charge in [0.1, 0.15) is 18.4 Å². The van der Waals surface area contributed by atoms with E-state index in [0.717, 1.165) is 47.9 Å². The van der Waals surface area contributed by atoms with Crippen molar-refractivity contribution in [2.75, 3.05) is 17.1 Å². The number of nitrogens with zero attached hydrogens (tertiary/aromatic N) is 2. The molecule has 0 spiro atoms. The van der Waals surface area contributed by atoms with Gasteiger partial charge in [0.25, 0.3) is 0 Å². The molecule has 40 heavy (non-hydrogen) atoms. The predicted molar refractivity (Wildman–Crippen MR) is 155 cm³/mol. The number of benzene rings is 3. The van der Waals surface area contributed by atoms with Crippen LogP contribution in [0.4, 0.5) is 10.1 Å².